The SMILES string of the molecule is CCCN1CCC(Cc2cc(N)nc(CN3CCC(NC(=O)C(O)(c4ccccc4)C4CCCC4)CC3)c2)CC1. The van der Waals surface area contributed by atoms with E-state index in [1.165, 1.54) is 44.5 Å². The second-order valence-corrected chi connectivity index (χ2v) is 12.5. The molecule has 1 saturated carbocycles. The first kappa shape index (κ1) is 29.0. The topological polar surface area (TPSA) is 94.7 Å². The van der Waals surface area contributed by atoms with E-state index in [2.05, 4.69) is 39.2 Å². The van der Waals surface area contributed by atoms with Gasteiger partial charge in [0, 0.05) is 31.6 Å². The number of nitrogens with two attached hydrogens (primary N) is 1. The van der Waals surface area contributed by atoms with Crippen LogP contribution < -0.4 is 11.1 Å². The number of carbonyl (C=O) groups excluding carboxylic acids is 1. The third kappa shape index (κ3) is 7.04. The van der Waals surface area contributed by atoms with Crippen molar-refractivity contribution in [2.45, 2.75) is 89.3 Å². The maximum absolute atomic E-state index is 13.6. The Kier molecular flexibility index (Phi) is 9.76. The van der Waals surface area contributed by atoms with Crippen molar-refractivity contribution >= 4 is 11.7 Å². The molecule has 2 aliphatic heterocycles. The number of nitrogens with zero attached hydrogens (tertiary/aromatic N) is 3. The Labute approximate surface area is 240 Å². The zero-order chi connectivity index (χ0) is 28.0. The number of likely N-dealkylation sites (tertiary alicyclic amines) is 2. The largest absolute Gasteiger partial charge is 0.384 e. The first-order valence-corrected chi connectivity index (χ1v) is 15.7. The van der Waals surface area contributed by atoms with Crippen LogP contribution in [-0.2, 0) is 23.4 Å². The predicted molar refractivity (Wildman–Crippen MR) is 161 cm³/mol. The van der Waals surface area contributed by atoms with Crippen molar-refractivity contribution in [3.63, 3.8) is 0 Å². The molecule has 2 aromatic rings. The van der Waals surface area contributed by atoms with E-state index < -0.39 is 5.60 Å². The number of pyridine rings is 1. The number of rotatable bonds is 10. The van der Waals surface area contributed by atoms with Crippen LogP contribution in [0.4, 0.5) is 5.82 Å². The van der Waals surface area contributed by atoms with Crippen molar-refractivity contribution in [3.05, 3.63) is 59.3 Å². The molecule has 1 aromatic heterocycles. The number of aliphatic hydroxyl groups is 1. The molecule has 1 atom stereocenters. The van der Waals surface area contributed by atoms with Gasteiger partial charge in [0.1, 0.15) is 5.82 Å². The Bertz CT molecular complexity index is 1090. The van der Waals surface area contributed by atoms with Gasteiger partial charge in [0.2, 0.25) is 0 Å². The minimum Gasteiger partial charge on any atom is -0.384 e. The summed E-state index contributed by atoms with van der Waals surface area (Å²) in [6.45, 7) is 8.45. The lowest BCUT2D eigenvalue weighted by Crippen LogP contribution is -2.54. The highest BCUT2D eigenvalue weighted by atomic mass is 16.3. The van der Waals surface area contributed by atoms with Gasteiger partial charge in [-0.05, 0) is 100 Å². The van der Waals surface area contributed by atoms with Crippen molar-refractivity contribution in [1.29, 1.82) is 0 Å². The summed E-state index contributed by atoms with van der Waals surface area (Å²) >= 11 is 0. The van der Waals surface area contributed by atoms with Crippen LogP contribution >= 0.6 is 0 Å². The summed E-state index contributed by atoms with van der Waals surface area (Å²) in [5.74, 6) is 1.08. The fourth-order valence-corrected chi connectivity index (χ4v) is 7.29. The second kappa shape index (κ2) is 13.5. The summed E-state index contributed by atoms with van der Waals surface area (Å²) < 4.78 is 0. The number of anilines is 1. The normalized spacial score (nSPS) is 21.9. The van der Waals surface area contributed by atoms with E-state index in [0.717, 1.165) is 76.2 Å². The molecule has 0 bridgehead atoms. The molecule has 3 aliphatic rings. The Morgan fingerprint density at radius 1 is 1.00 bits per heavy atom. The van der Waals surface area contributed by atoms with Gasteiger partial charge in [-0.25, -0.2) is 4.98 Å². The highest BCUT2D eigenvalue weighted by Gasteiger charge is 2.46. The zero-order valence-electron chi connectivity index (χ0n) is 24.4. The molecule has 3 fully saturated rings. The lowest BCUT2D eigenvalue weighted by molar-refractivity contribution is -0.148. The molecule has 0 radical (unpaired) electrons. The average molecular weight is 548 g/mol. The number of amides is 1. The standard InChI is InChI=1S/C33H49N5O2/c1-2-16-37-17-12-25(13-18-37)21-26-22-30(35-31(34)23-26)24-38-19-14-29(15-20-38)36-32(39)33(40,28-10-6-7-11-28)27-8-4-3-5-9-27/h3-5,8-9,22-23,25,28-29,40H,2,6-7,10-21,24H2,1H3,(H2,34,35)(H,36,39). The van der Waals surface area contributed by atoms with Gasteiger partial charge in [0.15, 0.2) is 5.60 Å². The minimum absolute atomic E-state index is 0.0253. The maximum atomic E-state index is 13.6. The smallest absolute Gasteiger partial charge is 0.257 e. The molecule has 5 rings (SSSR count). The molecule has 3 heterocycles. The number of aromatic nitrogens is 1. The van der Waals surface area contributed by atoms with Crippen LogP contribution in [-0.4, -0.2) is 64.6 Å². The summed E-state index contributed by atoms with van der Waals surface area (Å²) in [6, 6.07) is 13.9. The minimum atomic E-state index is -1.45. The fourth-order valence-electron chi connectivity index (χ4n) is 7.29. The summed E-state index contributed by atoms with van der Waals surface area (Å²) in [6.07, 6.45) is 10.5. The van der Waals surface area contributed by atoms with E-state index in [1.54, 1.807) is 0 Å². The summed E-state index contributed by atoms with van der Waals surface area (Å²) in [5, 5.41) is 15.0. The van der Waals surface area contributed by atoms with E-state index in [0.29, 0.717) is 11.4 Å². The van der Waals surface area contributed by atoms with Gasteiger partial charge in [0.05, 0.1) is 5.69 Å². The van der Waals surface area contributed by atoms with Gasteiger partial charge in [-0.3, -0.25) is 9.69 Å². The molecule has 7 heteroatoms. The number of piperidine rings is 2. The molecule has 218 valence electrons. The van der Waals surface area contributed by atoms with Crippen LogP contribution in [0, 0.1) is 11.8 Å². The van der Waals surface area contributed by atoms with Gasteiger partial charge in [0.25, 0.3) is 5.91 Å². The van der Waals surface area contributed by atoms with Gasteiger partial charge in [-0.15, -0.1) is 0 Å². The summed E-state index contributed by atoms with van der Waals surface area (Å²) in [5.41, 5.74) is 7.85. The highest BCUT2D eigenvalue weighted by molar-refractivity contribution is 5.87. The number of benzene rings is 1. The molecule has 0 spiro atoms. The van der Waals surface area contributed by atoms with Crippen molar-refractivity contribution < 1.29 is 9.90 Å². The van der Waals surface area contributed by atoms with E-state index in [9.17, 15) is 9.90 Å². The molecule has 4 N–H and O–H groups in total. The van der Waals surface area contributed by atoms with Crippen LogP contribution in [0.3, 0.4) is 0 Å². The fraction of sp³-hybridized carbons (Fsp3) is 0.636. The summed E-state index contributed by atoms with van der Waals surface area (Å²) in [4.78, 5) is 23.2. The molecule has 1 amide bonds. The molecule has 1 aliphatic carbocycles. The highest BCUT2D eigenvalue weighted by Crippen LogP contribution is 2.41. The Hall–Kier alpha value is -2.48. The molecule has 40 heavy (non-hydrogen) atoms. The number of carbonyl (C=O) groups is 1. The third-order valence-electron chi connectivity index (χ3n) is 9.54. The third-order valence-corrected chi connectivity index (χ3v) is 9.54. The van der Waals surface area contributed by atoms with Gasteiger partial charge >= 0.3 is 0 Å². The lowest BCUT2D eigenvalue weighted by Gasteiger charge is -2.37. The molecule has 1 aromatic carbocycles. The van der Waals surface area contributed by atoms with Gasteiger partial charge in [-0.2, -0.15) is 0 Å². The van der Waals surface area contributed by atoms with Crippen molar-refractivity contribution in [2.24, 2.45) is 11.8 Å². The van der Waals surface area contributed by atoms with Crippen LogP contribution in [0.1, 0.15) is 81.5 Å². The monoisotopic (exact) mass is 547 g/mol. The predicted octanol–water partition coefficient (Wildman–Crippen LogP) is 4.49. The van der Waals surface area contributed by atoms with Crippen molar-refractivity contribution in [3.8, 4) is 0 Å². The molecule has 1 unspecified atom stereocenters. The van der Waals surface area contributed by atoms with Gasteiger partial charge < -0.3 is 21.1 Å². The number of nitrogen functional groups attached to an aromatic ring is 1. The van der Waals surface area contributed by atoms with E-state index in [4.69, 9.17) is 5.73 Å². The molecular formula is C33H49N5O2. The van der Waals surface area contributed by atoms with Crippen LogP contribution in [0.25, 0.3) is 0 Å². The first-order valence-electron chi connectivity index (χ1n) is 15.7. The zero-order valence-corrected chi connectivity index (χ0v) is 24.4. The average Bonchev–Trinajstić information content (AvgIpc) is 3.51. The van der Waals surface area contributed by atoms with Crippen molar-refractivity contribution in [1.82, 2.24) is 20.1 Å². The number of nitrogens with one attached hydrogen (secondary N) is 1. The first-order chi connectivity index (χ1) is 19.4. The second-order valence-electron chi connectivity index (χ2n) is 12.5. The molecular weight excluding hydrogens is 498 g/mol. The van der Waals surface area contributed by atoms with Crippen LogP contribution in [0.2, 0.25) is 0 Å². The Balaban J connectivity index is 1.14. The molecule has 2 saturated heterocycles. The van der Waals surface area contributed by atoms with Crippen LogP contribution in [0.15, 0.2) is 42.5 Å². The van der Waals surface area contributed by atoms with Gasteiger partial charge in [-0.1, -0.05) is 50.1 Å². The Morgan fingerprint density at radius 2 is 1.68 bits per heavy atom. The van der Waals surface area contributed by atoms with Crippen LogP contribution in [0.5, 0.6) is 0 Å². The van der Waals surface area contributed by atoms with E-state index in [1.807, 2.05) is 30.3 Å². The molecule has 7 nitrogen and oxygen atoms in total. The Morgan fingerprint density at radius 3 is 2.35 bits per heavy atom. The maximum Gasteiger partial charge on any atom is 0.257 e. The van der Waals surface area contributed by atoms with E-state index in [-0.39, 0.29) is 17.9 Å². The quantitative estimate of drug-likeness (QED) is 0.406. The summed E-state index contributed by atoms with van der Waals surface area (Å²) in [7, 11) is 0. The van der Waals surface area contributed by atoms with Crippen molar-refractivity contribution in [2.75, 3.05) is 38.5 Å². The van der Waals surface area contributed by atoms with E-state index >= 15 is 0 Å². The number of hydrogen-bond donors (Lipinski definition) is 3. The number of hydrogen-bond acceptors (Lipinski definition) is 6. The lowest BCUT2D eigenvalue weighted by atomic mass is 9.79.